The van der Waals surface area contributed by atoms with Crippen LogP contribution >= 0.6 is 11.6 Å². The molecule has 84 valence electrons. The van der Waals surface area contributed by atoms with E-state index >= 15 is 0 Å². The van der Waals surface area contributed by atoms with E-state index in [1.165, 1.54) is 0 Å². The summed E-state index contributed by atoms with van der Waals surface area (Å²) in [6.45, 7) is 4.00. The Morgan fingerprint density at radius 2 is 2.19 bits per heavy atom. The van der Waals surface area contributed by atoms with Crippen LogP contribution in [-0.2, 0) is 6.42 Å². The van der Waals surface area contributed by atoms with Gasteiger partial charge in [-0.25, -0.2) is 15.0 Å². The first-order valence-corrected chi connectivity index (χ1v) is 5.61. The van der Waals surface area contributed by atoms with E-state index in [0.29, 0.717) is 5.15 Å². The molecule has 4 nitrogen and oxygen atoms in total. The van der Waals surface area contributed by atoms with Crippen molar-refractivity contribution in [1.82, 2.24) is 19.5 Å². The Morgan fingerprint density at radius 1 is 1.38 bits per heavy atom. The van der Waals surface area contributed by atoms with Gasteiger partial charge in [0.05, 0.1) is 0 Å². The zero-order valence-corrected chi connectivity index (χ0v) is 10.1. The van der Waals surface area contributed by atoms with Gasteiger partial charge >= 0.3 is 0 Å². The minimum absolute atomic E-state index is 0.516. The smallest absolute Gasteiger partial charge is 0.146 e. The maximum atomic E-state index is 6.09. The molecule has 2 rings (SSSR count). The molecule has 0 bridgehead atoms. The van der Waals surface area contributed by atoms with Crippen molar-refractivity contribution < 1.29 is 0 Å². The molecule has 5 heteroatoms. The number of aryl methyl sites for hydroxylation is 1. The first-order valence-electron chi connectivity index (χ1n) is 5.23. The van der Waals surface area contributed by atoms with Crippen molar-refractivity contribution in [2.24, 2.45) is 0 Å². The Labute approximate surface area is 99.3 Å². The van der Waals surface area contributed by atoms with Crippen LogP contribution in [0.5, 0.6) is 0 Å². The molecular formula is C11H13ClN4. The Hall–Kier alpha value is -1.42. The van der Waals surface area contributed by atoms with E-state index in [-0.39, 0.29) is 0 Å². The van der Waals surface area contributed by atoms with E-state index in [4.69, 9.17) is 11.6 Å². The van der Waals surface area contributed by atoms with Gasteiger partial charge in [-0.2, -0.15) is 0 Å². The molecule has 0 radical (unpaired) electrons. The SMILES string of the molecule is CCCc1nc(Cl)c(C)c(-n2ccnc2)n1. The Balaban J connectivity index is 2.51. The van der Waals surface area contributed by atoms with E-state index in [9.17, 15) is 0 Å². The summed E-state index contributed by atoms with van der Waals surface area (Å²) in [7, 11) is 0. The van der Waals surface area contributed by atoms with Crippen LogP contribution in [0.15, 0.2) is 18.7 Å². The van der Waals surface area contributed by atoms with E-state index in [1.807, 2.05) is 17.7 Å². The highest BCUT2D eigenvalue weighted by molar-refractivity contribution is 6.30. The van der Waals surface area contributed by atoms with Crippen LogP contribution < -0.4 is 0 Å². The third-order valence-corrected chi connectivity index (χ3v) is 2.70. The molecule has 0 saturated heterocycles. The van der Waals surface area contributed by atoms with E-state index in [2.05, 4.69) is 21.9 Å². The number of nitrogens with zero attached hydrogens (tertiary/aromatic N) is 4. The molecule has 0 aromatic carbocycles. The van der Waals surface area contributed by atoms with Crippen molar-refractivity contribution in [3.8, 4) is 5.82 Å². The topological polar surface area (TPSA) is 43.6 Å². The van der Waals surface area contributed by atoms with Gasteiger partial charge in [0, 0.05) is 24.4 Å². The quantitative estimate of drug-likeness (QED) is 0.770. The van der Waals surface area contributed by atoms with Crippen LogP contribution in [0.3, 0.4) is 0 Å². The molecule has 0 aliphatic rings. The monoisotopic (exact) mass is 236 g/mol. The lowest BCUT2D eigenvalue weighted by atomic mass is 10.3. The van der Waals surface area contributed by atoms with Crippen molar-refractivity contribution >= 4 is 11.6 Å². The summed E-state index contributed by atoms with van der Waals surface area (Å²) in [6, 6.07) is 0. The van der Waals surface area contributed by atoms with Gasteiger partial charge in [0.2, 0.25) is 0 Å². The molecule has 16 heavy (non-hydrogen) atoms. The molecule has 0 fully saturated rings. The second-order valence-electron chi connectivity index (χ2n) is 3.60. The Morgan fingerprint density at radius 3 is 2.81 bits per heavy atom. The fraction of sp³-hybridized carbons (Fsp3) is 0.364. The lowest BCUT2D eigenvalue weighted by molar-refractivity contribution is 0.810. The third-order valence-electron chi connectivity index (χ3n) is 2.33. The first kappa shape index (κ1) is 11.1. The van der Waals surface area contributed by atoms with Crippen molar-refractivity contribution in [2.75, 3.05) is 0 Å². The number of halogens is 1. The number of imidazole rings is 1. The zero-order valence-electron chi connectivity index (χ0n) is 9.31. The normalized spacial score (nSPS) is 10.7. The molecule has 0 aliphatic carbocycles. The van der Waals surface area contributed by atoms with Gasteiger partial charge in [0.1, 0.15) is 23.1 Å². The molecule has 0 unspecified atom stereocenters. The third kappa shape index (κ3) is 2.07. The fourth-order valence-electron chi connectivity index (χ4n) is 1.49. The van der Waals surface area contributed by atoms with Gasteiger partial charge in [-0.15, -0.1) is 0 Å². The minimum Gasteiger partial charge on any atom is -0.290 e. The average Bonchev–Trinajstić information content (AvgIpc) is 2.76. The van der Waals surface area contributed by atoms with Gasteiger partial charge in [0.15, 0.2) is 0 Å². The average molecular weight is 237 g/mol. The van der Waals surface area contributed by atoms with Crippen LogP contribution in [0.4, 0.5) is 0 Å². The second-order valence-corrected chi connectivity index (χ2v) is 3.96. The summed E-state index contributed by atoms with van der Waals surface area (Å²) in [5.41, 5.74) is 0.875. The summed E-state index contributed by atoms with van der Waals surface area (Å²) in [4.78, 5) is 12.8. The first-order chi connectivity index (χ1) is 7.72. The fourth-order valence-corrected chi connectivity index (χ4v) is 1.67. The van der Waals surface area contributed by atoms with E-state index in [0.717, 1.165) is 30.0 Å². The second kappa shape index (κ2) is 4.61. The number of aromatic nitrogens is 4. The Kier molecular flexibility index (Phi) is 3.19. The highest BCUT2D eigenvalue weighted by atomic mass is 35.5. The molecule has 0 N–H and O–H groups in total. The van der Waals surface area contributed by atoms with Crippen LogP contribution in [-0.4, -0.2) is 19.5 Å². The molecule has 2 aromatic rings. The standard InChI is InChI=1S/C11H13ClN4/c1-3-4-9-14-10(12)8(2)11(15-9)16-6-5-13-7-16/h5-7H,3-4H2,1-2H3. The van der Waals surface area contributed by atoms with Crippen molar-refractivity contribution in [3.63, 3.8) is 0 Å². The van der Waals surface area contributed by atoms with Gasteiger partial charge in [-0.05, 0) is 13.3 Å². The van der Waals surface area contributed by atoms with Gasteiger partial charge < -0.3 is 0 Å². The summed E-state index contributed by atoms with van der Waals surface area (Å²) >= 11 is 6.09. The molecule has 2 aromatic heterocycles. The van der Waals surface area contributed by atoms with Gasteiger partial charge in [-0.3, -0.25) is 4.57 Å². The molecule has 0 amide bonds. The minimum atomic E-state index is 0.516. The van der Waals surface area contributed by atoms with Gasteiger partial charge in [-0.1, -0.05) is 18.5 Å². The maximum absolute atomic E-state index is 6.09. The maximum Gasteiger partial charge on any atom is 0.146 e. The summed E-state index contributed by atoms with van der Waals surface area (Å²) in [5.74, 6) is 1.59. The van der Waals surface area contributed by atoms with E-state index in [1.54, 1.807) is 12.5 Å². The highest BCUT2D eigenvalue weighted by Crippen LogP contribution is 2.19. The van der Waals surface area contributed by atoms with Crippen molar-refractivity contribution in [2.45, 2.75) is 26.7 Å². The number of rotatable bonds is 3. The predicted octanol–water partition coefficient (Wildman–Crippen LogP) is 2.58. The van der Waals surface area contributed by atoms with Crippen molar-refractivity contribution in [3.05, 3.63) is 35.3 Å². The molecule has 2 heterocycles. The van der Waals surface area contributed by atoms with Crippen LogP contribution in [0.25, 0.3) is 5.82 Å². The summed E-state index contributed by atoms with van der Waals surface area (Å²) < 4.78 is 1.85. The zero-order chi connectivity index (χ0) is 11.5. The lowest BCUT2D eigenvalue weighted by Crippen LogP contribution is -2.05. The van der Waals surface area contributed by atoms with Crippen LogP contribution in [0.1, 0.15) is 24.7 Å². The predicted molar refractivity (Wildman–Crippen MR) is 62.9 cm³/mol. The van der Waals surface area contributed by atoms with Gasteiger partial charge in [0.25, 0.3) is 0 Å². The molecule has 0 aliphatic heterocycles. The summed E-state index contributed by atoms with van der Waals surface area (Å²) in [5, 5.41) is 0.516. The largest absolute Gasteiger partial charge is 0.290 e. The molecule has 0 spiro atoms. The van der Waals surface area contributed by atoms with Crippen LogP contribution in [0, 0.1) is 6.92 Å². The molecule has 0 saturated carbocycles. The lowest BCUT2D eigenvalue weighted by Gasteiger charge is -2.08. The van der Waals surface area contributed by atoms with E-state index < -0.39 is 0 Å². The molecule has 0 atom stereocenters. The van der Waals surface area contributed by atoms with Crippen LogP contribution in [0.2, 0.25) is 5.15 Å². The number of hydrogen-bond acceptors (Lipinski definition) is 3. The van der Waals surface area contributed by atoms with Crippen molar-refractivity contribution in [1.29, 1.82) is 0 Å². The number of hydrogen-bond donors (Lipinski definition) is 0. The highest BCUT2D eigenvalue weighted by Gasteiger charge is 2.10. The Bertz CT molecular complexity index is 479. The molecular weight excluding hydrogens is 224 g/mol. The summed E-state index contributed by atoms with van der Waals surface area (Å²) in [6.07, 6.45) is 7.11.